The van der Waals surface area contributed by atoms with E-state index in [1.54, 1.807) is 0 Å². The van der Waals surface area contributed by atoms with Crippen LogP contribution in [-0.2, 0) is 0 Å². The second-order valence-electron chi connectivity index (χ2n) is 6.89. The van der Waals surface area contributed by atoms with Gasteiger partial charge in [0.25, 0.3) is 0 Å². The maximum absolute atomic E-state index is 10.0. The van der Waals surface area contributed by atoms with Crippen LogP contribution in [0.4, 0.5) is 0 Å². The number of nitrogens with two attached hydrogens (primary N) is 1. The highest BCUT2D eigenvalue weighted by Crippen LogP contribution is 2.43. The van der Waals surface area contributed by atoms with E-state index < -0.39 is 0 Å². The highest BCUT2D eigenvalue weighted by molar-refractivity contribution is 5.27. The molecule has 2 saturated heterocycles. The molecule has 1 aromatic carbocycles. The molecule has 4 atom stereocenters. The Labute approximate surface area is 128 Å². The Bertz CT molecular complexity index is 476. The van der Waals surface area contributed by atoms with Crippen molar-refractivity contribution in [1.82, 2.24) is 4.90 Å². The van der Waals surface area contributed by atoms with Crippen molar-refractivity contribution in [2.24, 2.45) is 5.73 Å². The van der Waals surface area contributed by atoms with Crippen LogP contribution in [-0.4, -0.2) is 34.2 Å². The van der Waals surface area contributed by atoms with Gasteiger partial charge in [-0.15, -0.1) is 0 Å². The molecule has 0 amide bonds. The van der Waals surface area contributed by atoms with Crippen LogP contribution in [0.25, 0.3) is 0 Å². The van der Waals surface area contributed by atoms with E-state index in [1.807, 2.05) is 0 Å². The minimum atomic E-state index is -0.116. The van der Waals surface area contributed by atoms with Gasteiger partial charge in [0, 0.05) is 18.1 Å². The summed E-state index contributed by atoms with van der Waals surface area (Å²) >= 11 is 0. The molecule has 0 spiro atoms. The summed E-state index contributed by atoms with van der Waals surface area (Å²) in [7, 11) is 0. The smallest absolute Gasteiger partial charge is 0.0570 e. The molecule has 2 aliphatic heterocycles. The van der Waals surface area contributed by atoms with Gasteiger partial charge in [0.05, 0.1) is 12.1 Å². The van der Waals surface area contributed by atoms with Crippen LogP contribution in [0.1, 0.15) is 56.2 Å². The Kier molecular flexibility index (Phi) is 4.34. The van der Waals surface area contributed by atoms with Gasteiger partial charge in [0.2, 0.25) is 0 Å². The number of nitrogens with zero attached hydrogens (tertiary/aromatic N) is 1. The van der Waals surface area contributed by atoms with E-state index in [0.29, 0.717) is 18.1 Å². The third kappa shape index (κ3) is 2.87. The molecule has 116 valence electrons. The molecular weight excluding hydrogens is 260 g/mol. The predicted molar refractivity (Wildman–Crippen MR) is 86.1 cm³/mol. The van der Waals surface area contributed by atoms with Gasteiger partial charge in [-0.25, -0.2) is 0 Å². The van der Waals surface area contributed by atoms with Gasteiger partial charge in [0.15, 0.2) is 0 Å². The standard InChI is InChI=1S/C18H28N2O/c1-3-17(19)18(13-6-4-5-12(2)9-13)20-14-7-8-15(20)11-16(21)10-14/h4-6,9,14-18,21H,3,7-8,10-11,19H2,1-2H3. The number of hydrogen-bond donors (Lipinski definition) is 2. The van der Waals surface area contributed by atoms with Crippen molar-refractivity contribution in [2.75, 3.05) is 0 Å². The highest BCUT2D eigenvalue weighted by atomic mass is 16.3. The Morgan fingerprint density at radius 1 is 1.29 bits per heavy atom. The van der Waals surface area contributed by atoms with Crippen LogP contribution >= 0.6 is 0 Å². The van der Waals surface area contributed by atoms with Crippen LogP contribution in [0.2, 0.25) is 0 Å². The minimum absolute atomic E-state index is 0.116. The van der Waals surface area contributed by atoms with Crippen LogP contribution in [0, 0.1) is 6.92 Å². The zero-order valence-electron chi connectivity index (χ0n) is 13.2. The molecule has 2 aliphatic rings. The van der Waals surface area contributed by atoms with Gasteiger partial charge in [0.1, 0.15) is 0 Å². The molecule has 21 heavy (non-hydrogen) atoms. The van der Waals surface area contributed by atoms with Gasteiger partial charge in [-0.05, 0) is 44.6 Å². The maximum atomic E-state index is 10.0. The lowest BCUT2D eigenvalue weighted by atomic mass is 9.89. The quantitative estimate of drug-likeness (QED) is 0.895. The van der Waals surface area contributed by atoms with Crippen molar-refractivity contribution in [2.45, 2.75) is 76.2 Å². The molecule has 4 unspecified atom stereocenters. The predicted octanol–water partition coefficient (Wildman–Crippen LogP) is 2.76. The Balaban J connectivity index is 1.93. The molecular formula is C18H28N2O. The summed E-state index contributed by atoms with van der Waals surface area (Å²) in [6, 6.07) is 10.2. The second kappa shape index (κ2) is 6.07. The summed E-state index contributed by atoms with van der Waals surface area (Å²) in [5.41, 5.74) is 9.15. The summed E-state index contributed by atoms with van der Waals surface area (Å²) in [5, 5.41) is 10.0. The molecule has 2 heterocycles. The van der Waals surface area contributed by atoms with Crippen LogP contribution in [0.15, 0.2) is 24.3 Å². The topological polar surface area (TPSA) is 49.5 Å². The van der Waals surface area contributed by atoms with Crippen molar-refractivity contribution in [1.29, 1.82) is 0 Å². The fraction of sp³-hybridized carbons (Fsp3) is 0.667. The Morgan fingerprint density at radius 2 is 1.95 bits per heavy atom. The summed E-state index contributed by atoms with van der Waals surface area (Å²) in [5.74, 6) is 0. The average molecular weight is 288 g/mol. The lowest BCUT2D eigenvalue weighted by molar-refractivity contribution is 0.00230. The van der Waals surface area contributed by atoms with Crippen molar-refractivity contribution in [3.05, 3.63) is 35.4 Å². The number of benzene rings is 1. The monoisotopic (exact) mass is 288 g/mol. The molecule has 1 aromatic rings. The van der Waals surface area contributed by atoms with Gasteiger partial charge in [-0.3, -0.25) is 4.90 Å². The maximum Gasteiger partial charge on any atom is 0.0570 e. The molecule has 0 aromatic heterocycles. The second-order valence-corrected chi connectivity index (χ2v) is 6.89. The first kappa shape index (κ1) is 15.0. The SMILES string of the molecule is CCC(N)C(c1cccc(C)c1)N1C2CCC1CC(O)C2. The largest absolute Gasteiger partial charge is 0.393 e. The third-order valence-corrected chi connectivity index (χ3v) is 5.35. The zero-order valence-corrected chi connectivity index (χ0v) is 13.2. The number of aliphatic hydroxyl groups is 1. The zero-order chi connectivity index (χ0) is 15.0. The summed E-state index contributed by atoms with van der Waals surface area (Å²) in [6.45, 7) is 4.32. The first-order valence-corrected chi connectivity index (χ1v) is 8.37. The molecule has 0 saturated carbocycles. The Morgan fingerprint density at radius 3 is 2.52 bits per heavy atom. The lowest BCUT2D eigenvalue weighted by Crippen LogP contribution is -2.51. The highest BCUT2D eigenvalue weighted by Gasteiger charge is 2.45. The fourth-order valence-electron chi connectivity index (χ4n) is 4.36. The number of aliphatic hydroxyl groups excluding tert-OH is 1. The molecule has 0 radical (unpaired) electrons. The van der Waals surface area contributed by atoms with E-state index in [0.717, 1.165) is 19.3 Å². The first-order chi connectivity index (χ1) is 10.1. The lowest BCUT2D eigenvalue weighted by Gasteiger charge is -2.44. The van der Waals surface area contributed by atoms with Gasteiger partial charge >= 0.3 is 0 Å². The molecule has 3 nitrogen and oxygen atoms in total. The minimum Gasteiger partial charge on any atom is -0.393 e. The number of fused-ring (bicyclic) bond motifs is 2. The van der Waals surface area contributed by atoms with Crippen molar-refractivity contribution < 1.29 is 5.11 Å². The van der Waals surface area contributed by atoms with Crippen LogP contribution in [0.3, 0.4) is 0 Å². The van der Waals surface area contributed by atoms with Crippen molar-refractivity contribution >= 4 is 0 Å². The van der Waals surface area contributed by atoms with Crippen molar-refractivity contribution in [3.63, 3.8) is 0 Å². The molecule has 3 rings (SSSR count). The molecule has 3 N–H and O–H groups in total. The number of piperidine rings is 1. The van der Waals surface area contributed by atoms with E-state index >= 15 is 0 Å². The van der Waals surface area contributed by atoms with Gasteiger partial charge in [-0.1, -0.05) is 36.8 Å². The first-order valence-electron chi connectivity index (χ1n) is 8.37. The summed E-state index contributed by atoms with van der Waals surface area (Å²) in [6.07, 6.45) is 5.11. The molecule has 2 bridgehead atoms. The van der Waals surface area contributed by atoms with E-state index in [1.165, 1.54) is 24.0 Å². The molecule has 2 fully saturated rings. The average Bonchev–Trinajstić information content (AvgIpc) is 2.71. The third-order valence-electron chi connectivity index (χ3n) is 5.35. The van der Waals surface area contributed by atoms with E-state index in [9.17, 15) is 5.11 Å². The number of rotatable bonds is 4. The van der Waals surface area contributed by atoms with Crippen LogP contribution in [0.5, 0.6) is 0 Å². The number of aryl methyl sites for hydroxylation is 1. The van der Waals surface area contributed by atoms with E-state index in [2.05, 4.69) is 43.0 Å². The van der Waals surface area contributed by atoms with Crippen LogP contribution < -0.4 is 5.73 Å². The molecule has 3 heteroatoms. The van der Waals surface area contributed by atoms with E-state index in [-0.39, 0.29) is 12.1 Å². The number of hydrogen-bond acceptors (Lipinski definition) is 3. The van der Waals surface area contributed by atoms with Gasteiger partial charge < -0.3 is 10.8 Å². The molecule has 0 aliphatic carbocycles. The van der Waals surface area contributed by atoms with E-state index in [4.69, 9.17) is 5.73 Å². The van der Waals surface area contributed by atoms with Gasteiger partial charge in [-0.2, -0.15) is 0 Å². The Hall–Kier alpha value is -0.900. The summed E-state index contributed by atoms with van der Waals surface area (Å²) < 4.78 is 0. The van der Waals surface area contributed by atoms with Crippen molar-refractivity contribution in [3.8, 4) is 0 Å². The fourth-order valence-corrected chi connectivity index (χ4v) is 4.36. The normalized spacial score (nSPS) is 32.1. The summed E-state index contributed by atoms with van der Waals surface area (Å²) in [4.78, 5) is 2.63.